The molecule has 0 bridgehead atoms. The minimum Gasteiger partial charge on any atom is -0.360 e. The number of pyridine rings is 1. The Morgan fingerprint density at radius 3 is 2.81 bits per heavy atom. The topological polar surface area (TPSA) is 62.0 Å². The maximum atomic E-state index is 12.4. The third-order valence-corrected chi connectivity index (χ3v) is 4.34. The summed E-state index contributed by atoms with van der Waals surface area (Å²) in [6.07, 6.45) is 4.56. The maximum absolute atomic E-state index is 12.4. The van der Waals surface area contributed by atoms with Crippen LogP contribution >= 0.6 is 0 Å². The van der Waals surface area contributed by atoms with Crippen molar-refractivity contribution >= 4 is 16.8 Å². The molecule has 0 radical (unpaired) electrons. The van der Waals surface area contributed by atoms with Crippen LogP contribution in [0.15, 0.2) is 35.3 Å². The molecule has 1 amide bonds. The first-order valence-corrected chi connectivity index (χ1v) is 7.38. The number of carbonyl (C=O) groups is 1. The fraction of sp³-hybridized carbons (Fsp3) is 0.412. The lowest BCUT2D eigenvalue weighted by atomic mass is 9.92. The van der Waals surface area contributed by atoms with Crippen LogP contribution in [0.25, 0.3) is 10.9 Å². The summed E-state index contributed by atoms with van der Waals surface area (Å²) in [6.45, 7) is 4.42. The zero-order valence-electron chi connectivity index (χ0n) is 12.4. The highest BCUT2D eigenvalue weighted by Crippen LogP contribution is 2.36. The fourth-order valence-corrected chi connectivity index (χ4v) is 3.16. The van der Waals surface area contributed by atoms with E-state index in [0.29, 0.717) is 5.39 Å². The minimum absolute atomic E-state index is 0.165. The molecule has 21 heavy (non-hydrogen) atoms. The van der Waals surface area contributed by atoms with E-state index in [4.69, 9.17) is 0 Å². The van der Waals surface area contributed by atoms with Crippen LogP contribution in [0, 0.1) is 5.41 Å². The van der Waals surface area contributed by atoms with Crippen LogP contribution in [0.3, 0.4) is 0 Å². The molecular formula is C17H20N2O2. The number of carbonyl (C=O) groups excluding carboxylic acids is 1. The Balaban J connectivity index is 1.85. The predicted octanol–water partition coefficient (Wildman–Crippen LogP) is 2.84. The molecule has 3 rings (SSSR count). The Kier molecular flexibility index (Phi) is 3.32. The highest BCUT2D eigenvalue weighted by molar-refractivity contribution is 5.97. The number of rotatable bonds is 2. The molecule has 1 heterocycles. The first-order valence-electron chi connectivity index (χ1n) is 7.38. The number of para-hydroxylation sites is 1. The molecule has 4 nitrogen and oxygen atoms in total. The van der Waals surface area contributed by atoms with Gasteiger partial charge in [0.1, 0.15) is 5.56 Å². The summed E-state index contributed by atoms with van der Waals surface area (Å²) >= 11 is 0. The molecule has 1 aromatic heterocycles. The summed E-state index contributed by atoms with van der Waals surface area (Å²) in [7, 11) is 0. The van der Waals surface area contributed by atoms with Crippen LogP contribution in [0.5, 0.6) is 0 Å². The summed E-state index contributed by atoms with van der Waals surface area (Å²) in [5.74, 6) is -0.273. The van der Waals surface area contributed by atoms with Gasteiger partial charge in [0.25, 0.3) is 5.91 Å². The van der Waals surface area contributed by atoms with Gasteiger partial charge in [0.2, 0.25) is 5.43 Å². The van der Waals surface area contributed by atoms with Gasteiger partial charge in [0.05, 0.1) is 0 Å². The molecule has 0 spiro atoms. The highest BCUT2D eigenvalue weighted by Gasteiger charge is 2.32. The number of aromatic nitrogens is 1. The van der Waals surface area contributed by atoms with Crippen molar-refractivity contribution in [2.75, 3.05) is 0 Å². The summed E-state index contributed by atoms with van der Waals surface area (Å²) in [5.41, 5.74) is 1.01. The molecule has 1 unspecified atom stereocenters. The van der Waals surface area contributed by atoms with Crippen LogP contribution in [-0.4, -0.2) is 16.9 Å². The van der Waals surface area contributed by atoms with E-state index in [-0.39, 0.29) is 28.4 Å². The molecular weight excluding hydrogens is 264 g/mol. The minimum atomic E-state index is -0.273. The van der Waals surface area contributed by atoms with Crippen molar-refractivity contribution in [1.29, 1.82) is 0 Å². The Morgan fingerprint density at radius 1 is 1.33 bits per heavy atom. The second kappa shape index (κ2) is 5.02. The zero-order chi connectivity index (χ0) is 15.0. The third kappa shape index (κ3) is 2.71. The van der Waals surface area contributed by atoms with Gasteiger partial charge in [-0.2, -0.15) is 0 Å². The molecule has 1 saturated carbocycles. The van der Waals surface area contributed by atoms with E-state index in [1.165, 1.54) is 6.20 Å². The van der Waals surface area contributed by atoms with Crippen LogP contribution < -0.4 is 10.7 Å². The normalized spacial score (nSPS) is 20.6. The fourth-order valence-electron chi connectivity index (χ4n) is 3.16. The first-order chi connectivity index (χ1) is 9.96. The lowest BCUT2D eigenvalue weighted by Gasteiger charge is -2.17. The summed E-state index contributed by atoms with van der Waals surface area (Å²) in [6, 6.07) is 7.40. The van der Waals surface area contributed by atoms with Crippen molar-refractivity contribution in [1.82, 2.24) is 10.3 Å². The summed E-state index contributed by atoms with van der Waals surface area (Å²) < 4.78 is 0. The summed E-state index contributed by atoms with van der Waals surface area (Å²) in [4.78, 5) is 27.8. The summed E-state index contributed by atoms with van der Waals surface area (Å²) in [5, 5.41) is 3.55. The van der Waals surface area contributed by atoms with E-state index >= 15 is 0 Å². The van der Waals surface area contributed by atoms with Crippen molar-refractivity contribution in [3.63, 3.8) is 0 Å². The van der Waals surface area contributed by atoms with E-state index in [2.05, 4.69) is 24.1 Å². The van der Waals surface area contributed by atoms with Crippen molar-refractivity contribution < 1.29 is 4.79 Å². The molecule has 1 aliphatic carbocycles. The number of fused-ring (bicyclic) bond motifs is 1. The van der Waals surface area contributed by atoms with Gasteiger partial charge in [0, 0.05) is 23.1 Å². The van der Waals surface area contributed by atoms with Crippen molar-refractivity contribution in [3.05, 3.63) is 46.2 Å². The Hall–Kier alpha value is -2.10. The average molecular weight is 284 g/mol. The number of nitrogens with one attached hydrogen (secondary N) is 2. The number of H-pyrrole nitrogens is 1. The van der Waals surface area contributed by atoms with E-state index < -0.39 is 0 Å². The highest BCUT2D eigenvalue weighted by atomic mass is 16.2. The molecule has 1 aliphatic rings. The van der Waals surface area contributed by atoms with Crippen LogP contribution in [0.4, 0.5) is 0 Å². The van der Waals surface area contributed by atoms with E-state index in [1.807, 2.05) is 12.1 Å². The molecule has 2 N–H and O–H groups in total. The molecule has 0 saturated heterocycles. The average Bonchev–Trinajstić information content (AvgIpc) is 2.78. The molecule has 4 heteroatoms. The van der Waals surface area contributed by atoms with Gasteiger partial charge < -0.3 is 10.3 Å². The van der Waals surface area contributed by atoms with E-state index in [9.17, 15) is 9.59 Å². The number of hydrogen-bond acceptors (Lipinski definition) is 2. The Labute approximate surface area is 123 Å². The quantitative estimate of drug-likeness (QED) is 0.890. The van der Waals surface area contributed by atoms with Gasteiger partial charge in [-0.25, -0.2) is 0 Å². The molecule has 2 aromatic rings. The second-order valence-electron chi connectivity index (χ2n) is 6.65. The van der Waals surface area contributed by atoms with E-state index in [0.717, 1.165) is 24.8 Å². The maximum Gasteiger partial charge on any atom is 0.256 e. The molecule has 1 fully saturated rings. The predicted molar refractivity (Wildman–Crippen MR) is 83.5 cm³/mol. The zero-order valence-corrected chi connectivity index (χ0v) is 12.4. The lowest BCUT2D eigenvalue weighted by Crippen LogP contribution is -2.36. The first kappa shape index (κ1) is 13.9. The van der Waals surface area contributed by atoms with Gasteiger partial charge in [0.15, 0.2) is 0 Å². The molecule has 1 aromatic carbocycles. The second-order valence-corrected chi connectivity index (χ2v) is 6.65. The third-order valence-electron chi connectivity index (χ3n) is 4.34. The largest absolute Gasteiger partial charge is 0.360 e. The van der Waals surface area contributed by atoms with Crippen LogP contribution in [0.2, 0.25) is 0 Å². The number of benzene rings is 1. The molecule has 1 atom stereocenters. The molecule has 0 aliphatic heterocycles. The van der Waals surface area contributed by atoms with Gasteiger partial charge >= 0.3 is 0 Å². The standard InChI is InChI=1S/C17H20N2O2/c1-17(2)8-7-11(9-17)19-16(21)13-10-18-14-6-4-3-5-12(14)15(13)20/h3-6,10-11H,7-9H2,1-2H3,(H,18,20)(H,19,21). The van der Waals surface area contributed by atoms with Crippen molar-refractivity contribution in [2.24, 2.45) is 5.41 Å². The van der Waals surface area contributed by atoms with Crippen molar-refractivity contribution in [2.45, 2.75) is 39.2 Å². The van der Waals surface area contributed by atoms with Crippen LogP contribution in [0.1, 0.15) is 43.5 Å². The smallest absolute Gasteiger partial charge is 0.256 e. The number of amides is 1. The Morgan fingerprint density at radius 2 is 2.10 bits per heavy atom. The number of hydrogen-bond donors (Lipinski definition) is 2. The van der Waals surface area contributed by atoms with Gasteiger partial charge in [-0.3, -0.25) is 9.59 Å². The van der Waals surface area contributed by atoms with Gasteiger partial charge in [-0.1, -0.05) is 26.0 Å². The monoisotopic (exact) mass is 284 g/mol. The van der Waals surface area contributed by atoms with Crippen molar-refractivity contribution in [3.8, 4) is 0 Å². The van der Waals surface area contributed by atoms with Gasteiger partial charge in [-0.05, 0) is 36.8 Å². The van der Waals surface area contributed by atoms with E-state index in [1.54, 1.807) is 12.1 Å². The van der Waals surface area contributed by atoms with Crippen LogP contribution in [-0.2, 0) is 0 Å². The SMILES string of the molecule is CC1(C)CCC(NC(=O)c2c[nH]c3ccccc3c2=O)C1. The lowest BCUT2D eigenvalue weighted by molar-refractivity contribution is 0.0935. The molecule has 110 valence electrons. The number of aromatic amines is 1. The Bertz CT molecular complexity index is 746. The van der Waals surface area contributed by atoms with Gasteiger partial charge in [-0.15, -0.1) is 0 Å².